The largest absolute Gasteiger partial charge is 0.417 e. The second-order valence-electron chi connectivity index (χ2n) is 8.55. The smallest absolute Gasteiger partial charge is 0.380 e. The number of aliphatic hydroxyl groups is 1. The van der Waals surface area contributed by atoms with Gasteiger partial charge in [-0.15, -0.1) is 0 Å². The van der Waals surface area contributed by atoms with Crippen LogP contribution >= 0.6 is 0 Å². The molecule has 0 spiro atoms. The van der Waals surface area contributed by atoms with Crippen LogP contribution in [0.25, 0.3) is 0 Å². The van der Waals surface area contributed by atoms with E-state index in [1.165, 1.54) is 4.90 Å². The van der Waals surface area contributed by atoms with Crippen molar-refractivity contribution in [2.75, 3.05) is 6.54 Å². The first-order valence-electron chi connectivity index (χ1n) is 10.3. The summed E-state index contributed by atoms with van der Waals surface area (Å²) < 4.78 is 79.8. The number of alkyl halides is 6. The fraction of sp³-hybridized carbons (Fsp3) is 0.667. The number of rotatable bonds is 4. The number of benzene rings is 1. The standard InChI is InChI=1S/C21H26F6N2O2/c22-20(23,24)17-12-15(8-11-29(17)13-14-4-2-1-3-5-14)18(30)28-16-6-9-19(31,10-7-16)21(25,26)27/h1-5,15-17,31H,6-13H2,(H,28,30)/t15?,16?,17-,19?/m1/s1. The fourth-order valence-corrected chi connectivity index (χ4v) is 4.44. The second kappa shape index (κ2) is 8.97. The molecule has 1 heterocycles. The van der Waals surface area contributed by atoms with Crippen molar-refractivity contribution in [3.05, 3.63) is 35.9 Å². The summed E-state index contributed by atoms with van der Waals surface area (Å²) in [4.78, 5) is 13.9. The Labute approximate surface area is 176 Å². The van der Waals surface area contributed by atoms with Crippen molar-refractivity contribution in [1.29, 1.82) is 0 Å². The summed E-state index contributed by atoms with van der Waals surface area (Å²) in [5.41, 5.74) is -2.02. The van der Waals surface area contributed by atoms with Crippen molar-refractivity contribution >= 4 is 5.91 Å². The van der Waals surface area contributed by atoms with Crippen molar-refractivity contribution in [3.8, 4) is 0 Å². The van der Waals surface area contributed by atoms with Gasteiger partial charge in [0.1, 0.15) is 6.04 Å². The Morgan fingerprint density at radius 3 is 2.23 bits per heavy atom. The molecule has 2 N–H and O–H groups in total. The molecule has 0 aromatic heterocycles. The molecular formula is C21H26F6N2O2. The molecule has 10 heteroatoms. The molecule has 1 amide bonds. The van der Waals surface area contributed by atoms with E-state index in [9.17, 15) is 36.2 Å². The quantitative estimate of drug-likeness (QED) is 0.674. The summed E-state index contributed by atoms with van der Waals surface area (Å²) in [5.74, 6) is -1.42. The predicted molar refractivity (Wildman–Crippen MR) is 101 cm³/mol. The lowest BCUT2D eigenvalue weighted by molar-refractivity contribution is -0.270. The average molecular weight is 452 g/mol. The molecule has 1 unspecified atom stereocenters. The molecule has 4 nitrogen and oxygen atoms in total. The molecule has 1 aromatic carbocycles. The van der Waals surface area contributed by atoms with Crippen LogP contribution in [0.1, 0.15) is 44.1 Å². The molecule has 1 saturated heterocycles. The Kier molecular flexibility index (Phi) is 6.90. The number of hydrogen-bond acceptors (Lipinski definition) is 3. The molecule has 2 aliphatic rings. The molecule has 2 atom stereocenters. The van der Waals surface area contributed by atoms with Gasteiger partial charge < -0.3 is 10.4 Å². The molecule has 174 valence electrons. The Bertz CT molecular complexity index is 744. The number of carbonyl (C=O) groups excluding carboxylic acids is 1. The van der Waals surface area contributed by atoms with E-state index >= 15 is 0 Å². The van der Waals surface area contributed by atoms with Crippen molar-refractivity contribution in [1.82, 2.24) is 10.2 Å². The zero-order chi connectivity index (χ0) is 22.9. The Balaban J connectivity index is 1.58. The molecule has 0 bridgehead atoms. The molecule has 1 saturated carbocycles. The van der Waals surface area contributed by atoms with E-state index in [1.807, 2.05) is 0 Å². The SMILES string of the molecule is O=C(NC1CCC(O)(C(F)(F)F)CC1)C1CCN(Cc2ccccc2)[C@@H](C(F)(F)F)C1. The molecule has 0 radical (unpaired) electrons. The van der Waals surface area contributed by atoms with Crippen LogP contribution in [-0.2, 0) is 11.3 Å². The van der Waals surface area contributed by atoms with E-state index in [-0.39, 0.29) is 38.8 Å². The average Bonchev–Trinajstić information content (AvgIpc) is 2.69. The van der Waals surface area contributed by atoms with Crippen LogP contribution in [-0.4, -0.2) is 52.5 Å². The minimum Gasteiger partial charge on any atom is -0.380 e. The van der Waals surface area contributed by atoms with Gasteiger partial charge >= 0.3 is 12.4 Å². The Morgan fingerprint density at radius 1 is 1.06 bits per heavy atom. The maximum Gasteiger partial charge on any atom is 0.417 e. The van der Waals surface area contributed by atoms with Crippen LogP contribution in [0.2, 0.25) is 0 Å². The number of likely N-dealkylation sites (tertiary alicyclic amines) is 1. The Hall–Kier alpha value is -1.81. The number of nitrogens with one attached hydrogen (secondary N) is 1. The van der Waals surface area contributed by atoms with Gasteiger partial charge in [-0.05, 0) is 50.6 Å². The molecule has 31 heavy (non-hydrogen) atoms. The van der Waals surface area contributed by atoms with Gasteiger partial charge in [0.2, 0.25) is 5.91 Å². The number of piperidine rings is 1. The predicted octanol–water partition coefficient (Wildman–Crippen LogP) is 4.18. The molecule has 1 aromatic rings. The number of nitrogens with zero attached hydrogens (tertiary/aromatic N) is 1. The zero-order valence-corrected chi connectivity index (χ0v) is 16.8. The highest BCUT2D eigenvalue weighted by atomic mass is 19.4. The first kappa shape index (κ1) is 23.8. The molecule has 1 aliphatic carbocycles. The lowest BCUT2D eigenvalue weighted by Crippen LogP contribution is -2.54. The van der Waals surface area contributed by atoms with Gasteiger partial charge in [0.05, 0.1) is 0 Å². The maximum atomic E-state index is 13.7. The number of amides is 1. The molecular weight excluding hydrogens is 426 g/mol. The summed E-state index contributed by atoms with van der Waals surface area (Å²) in [7, 11) is 0. The normalized spacial score (nSPS) is 30.7. The highest BCUT2D eigenvalue weighted by molar-refractivity contribution is 5.79. The van der Waals surface area contributed by atoms with Crippen molar-refractivity contribution < 1.29 is 36.2 Å². The fourth-order valence-electron chi connectivity index (χ4n) is 4.44. The number of halogens is 6. The van der Waals surface area contributed by atoms with Gasteiger partial charge in [0.25, 0.3) is 0 Å². The third kappa shape index (κ3) is 5.71. The topological polar surface area (TPSA) is 52.6 Å². The van der Waals surface area contributed by atoms with E-state index in [0.717, 1.165) is 5.56 Å². The van der Waals surface area contributed by atoms with Crippen molar-refractivity contribution in [2.45, 2.75) is 75.1 Å². The summed E-state index contributed by atoms with van der Waals surface area (Å²) >= 11 is 0. The first-order chi connectivity index (χ1) is 14.4. The molecule has 3 rings (SSSR count). The van der Waals surface area contributed by atoms with Crippen molar-refractivity contribution in [3.63, 3.8) is 0 Å². The van der Waals surface area contributed by atoms with E-state index in [2.05, 4.69) is 5.32 Å². The van der Waals surface area contributed by atoms with Crippen LogP contribution in [0.15, 0.2) is 30.3 Å². The van der Waals surface area contributed by atoms with Gasteiger partial charge in [-0.2, -0.15) is 26.3 Å². The van der Waals surface area contributed by atoms with Crippen LogP contribution < -0.4 is 5.32 Å². The van der Waals surface area contributed by atoms with Crippen LogP contribution in [0, 0.1) is 5.92 Å². The van der Waals surface area contributed by atoms with E-state index in [1.54, 1.807) is 30.3 Å². The van der Waals surface area contributed by atoms with E-state index < -0.39 is 54.7 Å². The van der Waals surface area contributed by atoms with Gasteiger partial charge in [-0.25, -0.2) is 0 Å². The Morgan fingerprint density at radius 2 is 1.68 bits per heavy atom. The third-order valence-electron chi connectivity index (χ3n) is 6.38. The van der Waals surface area contributed by atoms with E-state index in [4.69, 9.17) is 0 Å². The minimum absolute atomic E-state index is 0.0721. The van der Waals surface area contributed by atoms with Crippen molar-refractivity contribution in [2.24, 2.45) is 5.92 Å². The van der Waals surface area contributed by atoms with Gasteiger partial charge in [0.15, 0.2) is 5.60 Å². The van der Waals surface area contributed by atoms with Gasteiger partial charge in [-0.1, -0.05) is 30.3 Å². The maximum absolute atomic E-state index is 13.7. The summed E-state index contributed by atoms with van der Waals surface area (Å²) in [6.07, 6.45) is -10.6. The number of carbonyl (C=O) groups is 1. The van der Waals surface area contributed by atoms with E-state index in [0.29, 0.717) is 0 Å². The zero-order valence-electron chi connectivity index (χ0n) is 16.8. The monoisotopic (exact) mass is 452 g/mol. The second-order valence-corrected chi connectivity index (χ2v) is 8.55. The molecule has 2 fully saturated rings. The lowest BCUT2D eigenvalue weighted by Gasteiger charge is -2.41. The highest BCUT2D eigenvalue weighted by Gasteiger charge is 2.55. The van der Waals surface area contributed by atoms with Gasteiger partial charge in [0, 0.05) is 18.5 Å². The lowest BCUT2D eigenvalue weighted by atomic mass is 9.81. The first-order valence-corrected chi connectivity index (χ1v) is 10.3. The van der Waals surface area contributed by atoms with Gasteiger partial charge in [-0.3, -0.25) is 9.69 Å². The minimum atomic E-state index is -4.74. The third-order valence-corrected chi connectivity index (χ3v) is 6.38. The molecule has 1 aliphatic heterocycles. The number of hydrogen-bond donors (Lipinski definition) is 2. The van der Waals surface area contributed by atoms with Crippen LogP contribution in [0.3, 0.4) is 0 Å². The highest BCUT2D eigenvalue weighted by Crippen LogP contribution is 2.41. The summed E-state index contributed by atoms with van der Waals surface area (Å²) in [6.45, 7) is 0.216. The summed E-state index contributed by atoms with van der Waals surface area (Å²) in [6, 6.07) is 6.43. The summed E-state index contributed by atoms with van der Waals surface area (Å²) in [5, 5.41) is 12.3. The van der Waals surface area contributed by atoms with Crippen LogP contribution in [0.5, 0.6) is 0 Å². The van der Waals surface area contributed by atoms with Crippen LogP contribution in [0.4, 0.5) is 26.3 Å².